The van der Waals surface area contributed by atoms with Gasteiger partial charge in [-0.25, -0.2) is 15.0 Å². The van der Waals surface area contributed by atoms with Gasteiger partial charge in [-0.05, 0) is 80.0 Å². The maximum absolute atomic E-state index is 11.6. The first-order chi connectivity index (χ1) is 17.6. The Morgan fingerprint density at radius 2 is 1.97 bits per heavy atom. The largest absolute Gasteiger partial charge is 0.460 e. The van der Waals surface area contributed by atoms with Crippen LogP contribution >= 0.6 is 0 Å². The highest BCUT2D eigenvalue weighted by Crippen LogP contribution is 2.42. The van der Waals surface area contributed by atoms with E-state index in [2.05, 4.69) is 50.2 Å². The lowest BCUT2D eigenvalue weighted by molar-refractivity contribution is -0.147. The Morgan fingerprint density at radius 1 is 1.08 bits per heavy atom. The average Bonchev–Trinajstić information content (AvgIpc) is 3.51. The van der Waals surface area contributed by atoms with E-state index >= 15 is 0 Å². The number of anilines is 2. The van der Waals surface area contributed by atoms with Gasteiger partial charge in [-0.1, -0.05) is 6.07 Å². The third kappa shape index (κ3) is 4.40. The van der Waals surface area contributed by atoms with Gasteiger partial charge < -0.3 is 14.6 Å². The van der Waals surface area contributed by atoms with Crippen molar-refractivity contribution >= 4 is 28.6 Å². The molecule has 180 valence electrons. The average molecular weight is 479 g/mol. The minimum Gasteiger partial charge on any atom is -0.460 e. The number of esters is 1. The van der Waals surface area contributed by atoms with Gasteiger partial charge in [0.25, 0.3) is 0 Å². The van der Waals surface area contributed by atoms with Crippen LogP contribution in [0.5, 0.6) is 0 Å². The van der Waals surface area contributed by atoms with Crippen LogP contribution in [0.1, 0.15) is 62.1 Å². The summed E-state index contributed by atoms with van der Waals surface area (Å²) in [6.07, 6.45) is 8.53. The van der Waals surface area contributed by atoms with Crippen molar-refractivity contribution in [2.45, 2.75) is 57.1 Å². The van der Waals surface area contributed by atoms with Crippen LogP contribution in [0.3, 0.4) is 0 Å². The van der Waals surface area contributed by atoms with Crippen molar-refractivity contribution in [1.82, 2.24) is 19.5 Å². The van der Waals surface area contributed by atoms with Crippen LogP contribution in [0, 0.1) is 11.3 Å². The van der Waals surface area contributed by atoms with Crippen LogP contribution in [0.4, 0.5) is 11.6 Å². The Kier molecular flexibility index (Phi) is 5.61. The molecule has 2 atom stereocenters. The molecule has 0 radical (unpaired) electrons. The number of aromatic nitrogens is 4. The summed E-state index contributed by atoms with van der Waals surface area (Å²) in [5, 5.41) is 12.5. The number of hydrogen-bond donors (Lipinski definition) is 1. The fourth-order valence-corrected chi connectivity index (χ4v) is 5.14. The van der Waals surface area contributed by atoms with E-state index in [0.717, 1.165) is 41.6 Å². The molecule has 0 aliphatic heterocycles. The predicted molar refractivity (Wildman–Crippen MR) is 136 cm³/mol. The number of hydrogen-bond acceptors (Lipinski definition) is 7. The van der Waals surface area contributed by atoms with Gasteiger partial charge in [-0.2, -0.15) is 5.26 Å². The maximum atomic E-state index is 11.6. The lowest BCUT2D eigenvalue weighted by Crippen LogP contribution is -2.23. The minimum absolute atomic E-state index is 0.0793. The van der Waals surface area contributed by atoms with E-state index in [1.165, 1.54) is 25.3 Å². The number of ether oxygens (including phenoxy) is 1. The third-order valence-corrected chi connectivity index (χ3v) is 7.00. The molecule has 8 nitrogen and oxygen atoms in total. The van der Waals surface area contributed by atoms with Gasteiger partial charge in [0.05, 0.1) is 40.7 Å². The molecular formula is C28H26N6O2. The van der Waals surface area contributed by atoms with Crippen molar-refractivity contribution in [3.8, 4) is 17.3 Å². The molecule has 0 amide bonds. The zero-order valence-corrected chi connectivity index (χ0v) is 20.0. The summed E-state index contributed by atoms with van der Waals surface area (Å²) in [6, 6.07) is 16.1. The molecule has 0 saturated heterocycles. The highest BCUT2D eigenvalue weighted by atomic mass is 16.5. The Labute approximate surface area is 209 Å². The lowest BCUT2D eigenvalue weighted by Gasteiger charge is -2.21. The van der Waals surface area contributed by atoms with Crippen molar-refractivity contribution in [3.05, 3.63) is 66.1 Å². The Bertz CT molecular complexity index is 1500. The number of nitrogens with one attached hydrogen (secondary N) is 1. The number of pyridine rings is 2. The van der Waals surface area contributed by atoms with E-state index in [9.17, 15) is 10.1 Å². The van der Waals surface area contributed by atoms with Crippen molar-refractivity contribution < 1.29 is 9.53 Å². The van der Waals surface area contributed by atoms with Gasteiger partial charge in [0.1, 0.15) is 17.7 Å². The monoisotopic (exact) mass is 478 g/mol. The first-order valence-corrected chi connectivity index (χ1v) is 12.4. The molecule has 2 aliphatic carbocycles. The minimum atomic E-state index is -0.243. The fourth-order valence-electron chi connectivity index (χ4n) is 5.14. The molecule has 4 aromatic rings. The zero-order valence-electron chi connectivity index (χ0n) is 20.0. The summed E-state index contributed by atoms with van der Waals surface area (Å²) in [5.41, 5.74) is 5.57. The van der Waals surface area contributed by atoms with Gasteiger partial charge in [-0.3, -0.25) is 4.79 Å². The second kappa shape index (κ2) is 9.08. The molecule has 2 saturated carbocycles. The number of nitrogens with zero attached hydrogens (tertiary/aromatic N) is 5. The summed E-state index contributed by atoms with van der Waals surface area (Å²) in [6.45, 7) is 1.47. The molecule has 0 bridgehead atoms. The second-order valence-corrected chi connectivity index (χ2v) is 9.61. The molecule has 8 heteroatoms. The molecule has 2 fully saturated rings. The Hall–Kier alpha value is -4.25. The highest BCUT2D eigenvalue weighted by Gasteiger charge is 2.32. The molecule has 1 aromatic carbocycles. The lowest BCUT2D eigenvalue weighted by atomic mass is 10.1. The predicted octanol–water partition coefficient (Wildman–Crippen LogP) is 5.64. The van der Waals surface area contributed by atoms with E-state index in [1.807, 2.05) is 12.4 Å². The van der Waals surface area contributed by atoms with Gasteiger partial charge in [0.15, 0.2) is 0 Å². The van der Waals surface area contributed by atoms with E-state index in [-0.39, 0.29) is 18.1 Å². The summed E-state index contributed by atoms with van der Waals surface area (Å²) < 4.78 is 7.77. The summed E-state index contributed by atoms with van der Waals surface area (Å²) in [5.74, 6) is 1.60. The number of nitriles is 1. The van der Waals surface area contributed by atoms with Crippen molar-refractivity contribution in [3.63, 3.8) is 0 Å². The van der Waals surface area contributed by atoms with Crippen LogP contribution in [-0.4, -0.2) is 31.6 Å². The van der Waals surface area contributed by atoms with Crippen molar-refractivity contribution in [2.24, 2.45) is 0 Å². The number of rotatable bonds is 6. The maximum Gasteiger partial charge on any atom is 0.302 e. The molecule has 0 spiro atoms. The quantitative estimate of drug-likeness (QED) is 0.357. The van der Waals surface area contributed by atoms with Crippen LogP contribution < -0.4 is 5.32 Å². The van der Waals surface area contributed by atoms with E-state index in [0.29, 0.717) is 23.1 Å². The number of carbonyl (C=O) groups is 1. The molecule has 1 N–H and O–H groups in total. The van der Waals surface area contributed by atoms with Gasteiger partial charge in [0.2, 0.25) is 0 Å². The van der Waals surface area contributed by atoms with Crippen molar-refractivity contribution in [2.75, 3.05) is 5.32 Å². The third-order valence-electron chi connectivity index (χ3n) is 7.00. The normalized spacial score (nSPS) is 19.2. The Morgan fingerprint density at radius 3 is 2.78 bits per heavy atom. The molecule has 6 rings (SSSR count). The van der Waals surface area contributed by atoms with E-state index in [4.69, 9.17) is 9.72 Å². The van der Waals surface area contributed by atoms with E-state index < -0.39 is 0 Å². The first-order valence-electron chi connectivity index (χ1n) is 12.4. The number of imidazole rings is 1. The first kappa shape index (κ1) is 22.2. The second-order valence-electron chi connectivity index (χ2n) is 9.61. The molecule has 0 unspecified atom stereocenters. The molecule has 2 aliphatic rings. The topological polar surface area (TPSA) is 106 Å². The fraction of sp³-hybridized carbons (Fsp3) is 0.321. The van der Waals surface area contributed by atoms with Gasteiger partial charge in [-0.15, -0.1) is 0 Å². The molecule has 3 aromatic heterocycles. The van der Waals surface area contributed by atoms with Crippen LogP contribution in [0.25, 0.3) is 22.3 Å². The van der Waals surface area contributed by atoms with Crippen LogP contribution in [0.2, 0.25) is 0 Å². The molecule has 3 heterocycles. The zero-order chi connectivity index (χ0) is 24.6. The standard InChI is InChI=1S/C28H26N6O2/c1-17(35)36-26-4-2-3-24(26)34-16-31-22-8-7-20(13-25(22)34)23-12-21(19-5-6-19)14-28(32-23)33-27-11-18(15-29)9-10-30-27/h7-14,16,19,24,26H,2-6H2,1H3,(H,30,32,33)/t24-,26-/m1/s1. The van der Waals surface area contributed by atoms with Gasteiger partial charge >= 0.3 is 5.97 Å². The van der Waals surface area contributed by atoms with E-state index in [1.54, 1.807) is 18.3 Å². The highest BCUT2D eigenvalue weighted by molar-refractivity contribution is 5.82. The summed E-state index contributed by atoms with van der Waals surface area (Å²) in [7, 11) is 0. The Balaban J connectivity index is 1.37. The summed E-state index contributed by atoms with van der Waals surface area (Å²) >= 11 is 0. The number of carbonyl (C=O) groups excluding carboxylic acids is 1. The molecule has 36 heavy (non-hydrogen) atoms. The SMILES string of the molecule is CC(=O)O[C@@H]1CCC[C@H]1n1cnc2ccc(-c3cc(C4CC4)cc(Nc4cc(C#N)ccn4)n3)cc21. The van der Waals surface area contributed by atoms with Crippen LogP contribution in [-0.2, 0) is 9.53 Å². The van der Waals surface area contributed by atoms with Gasteiger partial charge in [0, 0.05) is 18.7 Å². The number of fused-ring (bicyclic) bond motifs is 1. The molecular weight excluding hydrogens is 452 g/mol. The van der Waals surface area contributed by atoms with Crippen molar-refractivity contribution in [1.29, 1.82) is 5.26 Å². The number of benzene rings is 1. The van der Waals surface area contributed by atoms with Crippen LogP contribution in [0.15, 0.2) is 55.0 Å². The smallest absolute Gasteiger partial charge is 0.302 e. The summed E-state index contributed by atoms with van der Waals surface area (Å²) in [4.78, 5) is 25.5.